The molecule has 12 heteroatoms. The average Bonchev–Trinajstić information content (AvgIpc) is 3.00. The summed E-state index contributed by atoms with van der Waals surface area (Å²) in [5.74, 6) is -1.96. The lowest BCUT2D eigenvalue weighted by Crippen LogP contribution is -2.38. The smallest absolute Gasteiger partial charge is 0.414 e. The van der Waals surface area contributed by atoms with E-state index in [9.17, 15) is 26.8 Å². The standard InChI is InChI=1S/C18H23F2N3O6S/c1-11(24)21-9-14-10-23(18(25)28-14)12-7-15(19)17(16(20)8-12)22-5-3-13(4-6-22)29-30(2,26)27/h7-8,13-14H,3-6,9-10H2,1-2H3,(H,21,24). The zero-order valence-electron chi connectivity index (χ0n) is 16.6. The van der Waals surface area contributed by atoms with Crippen LogP contribution in [0.15, 0.2) is 12.1 Å². The molecule has 0 saturated carbocycles. The van der Waals surface area contributed by atoms with Crippen molar-refractivity contribution in [2.45, 2.75) is 32.0 Å². The van der Waals surface area contributed by atoms with Crippen LogP contribution in [0.4, 0.5) is 25.0 Å². The first-order valence-electron chi connectivity index (χ1n) is 9.38. The molecule has 1 N–H and O–H groups in total. The highest BCUT2D eigenvalue weighted by Crippen LogP contribution is 2.32. The summed E-state index contributed by atoms with van der Waals surface area (Å²) in [6, 6.07) is 2.11. The van der Waals surface area contributed by atoms with Crippen molar-refractivity contribution >= 4 is 33.5 Å². The minimum absolute atomic E-state index is 0.0133. The summed E-state index contributed by atoms with van der Waals surface area (Å²) in [5, 5.41) is 2.53. The molecule has 0 radical (unpaired) electrons. The van der Waals surface area contributed by atoms with Crippen molar-refractivity contribution < 1.29 is 35.7 Å². The van der Waals surface area contributed by atoms with Crippen LogP contribution >= 0.6 is 0 Å². The minimum Gasteiger partial charge on any atom is -0.442 e. The molecule has 0 aromatic heterocycles. The number of anilines is 2. The molecule has 9 nitrogen and oxygen atoms in total. The quantitative estimate of drug-likeness (QED) is 0.657. The average molecular weight is 447 g/mol. The van der Waals surface area contributed by atoms with Crippen molar-refractivity contribution in [2.24, 2.45) is 0 Å². The molecular weight excluding hydrogens is 424 g/mol. The zero-order chi connectivity index (χ0) is 22.1. The van der Waals surface area contributed by atoms with Crippen LogP contribution in [-0.4, -0.2) is 65.1 Å². The lowest BCUT2D eigenvalue weighted by Gasteiger charge is -2.33. The Morgan fingerprint density at radius 1 is 1.27 bits per heavy atom. The molecule has 2 fully saturated rings. The molecule has 2 aliphatic heterocycles. The Labute approximate surface area is 173 Å². The molecule has 1 aromatic carbocycles. The highest BCUT2D eigenvalue weighted by Gasteiger charge is 2.34. The molecule has 0 aliphatic carbocycles. The Hall–Kier alpha value is -2.47. The van der Waals surface area contributed by atoms with Crippen LogP contribution in [0, 0.1) is 11.6 Å². The molecule has 3 rings (SSSR count). The third-order valence-corrected chi connectivity index (χ3v) is 5.46. The molecule has 0 spiro atoms. The molecule has 2 aliphatic rings. The fraction of sp³-hybridized carbons (Fsp3) is 0.556. The van der Waals surface area contributed by atoms with E-state index in [0.29, 0.717) is 12.8 Å². The maximum Gasteiger partial charge on any atom is 0.414 e. The Morgan fingerprint density at radius 3 is 2.40 bits per heavy atom. The summed E-state index contributed by atoms with van der Waals surface area (Å²) in [4.78, 5) is 25.6. The van der Waals surface area contributed by atoms with Crippen LogP contribution in [0.2, 0.25) is 0 Å². The first kappa shape index (κ1) is 22.2. The lowest BCUT2D eigenvalue weighted by atomic mass is 10.1. The molecule has 30 heavy (non-hydrogen) atoms. The van der Waals surface area contributed by atoms with Crippen molar-refractivity contribution in [1.29, 1.82) is 0 Å². The Kier molecular flexibility index (Phi) is 6.46. The second kappa shape index (κ2) is 8.72. The summed E-state index contributed by atoms with van der Waals surface area (Å²) >= 11 is 0. The van der Waals surface area contributed by atoms with Crippen LogP contribution in [0.3, 0.4) is 0 Å². The van der Waals surface area contributed by atoms with Gasteiger partial charge in [-0.2, -0.15) is 8.42 Å². The summed E-state index contributed by atoms with van der Waals surface area (Å²) in [6.07, 6.45) is -0.339. The SMILES string of the molecule is CC(=O)NCC1CN(c2cc(F)c(N3CCC(OS(C)(=O)=O)CC3)c(F)c2)C(=O)O1. The number of ether oxygens (including phenoxy) is 1. The van der Waals surface area contributed by atoms with Gasteiger partial charge in [-0.25, -0.2) is 13.6 Å². The maximum absolute atomic E-state index is 14.8. The first-order valence-corrected chi connectivity index (χ1v) is 11.2. The first-order chi connectivity index (χ1) is 14.0. The van der Waals surface area contributed by atoms with Crippen LogP contribution in [-0.2, 0) is 23.8 Å². The van der Waals surface area contributed by atoms with E-state index in [2.05, 4.69) is 5.32 Å². The van der Waals surface area contributed by atoms with Crippen molar-refractivity contribution in [1.82, 2.24) is 5.32 Å². The second-order valence-corrected chi connectivity index (χ2v) is 8.90. The number of amides is 2. The van der Waals surface area contributed by atoms with Gasteiger partial charge in [0.1, 0.15) is 11.8 Å². The van der Waals surface area contributed by atoms with Gasteiger partial charge in [-0.3, -0.25) is 13.9 Å². The van der Waals surface area contributed by atoms with Crippen LogP contribution in [0.5, 0.6) is 0 Å². The molecular formula is C18H23F2N3O6S. The summed E-state index contributed by atoms with van der Waals surface area (Å²) < 4.78 is 62.0. The number of hydrogen-bond acceptors (Lipinski definition) is 7. The number of rotatable bonds is 6. The second-order valence-electron chi connectivity index (χ2n) is 7.30. The van der Waals surface area contributed by atoms with Crippen molar-refractivity contribution in [3.8, 4) is 0 Å². The highest BCUT2D eigenvalue weighted by molar-refractivity contribution is 7.86. The highest BCUT2D eigenvalue weighted by atomic mass is 32.2. The topological polar surface area (TPSA) is 105 Å². The van der Waals surface area contributed by atoms with Crippen LogP contribution in [0.1, 0.15) is 19.8 Å². The van der Waals surface area contributed by atoms with Gasteiger partial charge in [0, 0.05) is 32.1 Å². The monoisotopic (exact) mass is 447 g/mol. The number of hydrogen-bond donors (Lipinski definition) is 1. The summed E-state index contributed by atoms with van der Waals surface area (Å²) in [7, 11) is -3.60. The van der Waals surface area contributed by atoms with Gasteiger partial charge in [-0.05, 0) is 12.8 Å². The molecule has 1 aromatic rings. The van der Waals surface area contributed by atoms with Gasteiger partial charge < -0.3 is 15.0 Å². The molecule has 1 atom stereocenters. The zero-order valence-corrected chi connectivity index (χ0v) is 17.4. The van der Waals surface area contributed by atoms with Crippen molar-refractivity contribution in [3.05, 3.63) is 23.8 Å². The number of nitrogens with zero attached hydrogens (tertiary/aromatic N) is 2. The van der Waals surface area contributed by atoms with Crippen LogP contribution < -0.4 is 15.1 Å². The van der Waals surface area contributed by atoms with E-state index >= 15 is 0 Å². The van der Waals surface area contributed by atoms with Gasteiger partial charge in [0.2, 0.25) is 5.91 Å². The Morgan fingerprint density at radius 2 is 1.87 bits per heavy atom. The van der Waals surface area contributed by atoms with Gasteiger partial charge >= 0.3 is 6.09 Å². The number of halogens is 2. The van der Waals surface area contributed by atoms with Crippen molar-refractivity contribution in [3.63, 3.8) is 0 Å². The van der Waals surface area contributed by atoms with E-state index in [1.807, 2.05) is 0 Å². The normalized spacial score (nSPS) is 20.4. The largest absolute Gasteiger partial charge is 0.442 e. The molecule has 2 heterocycles. The van der Waals surface area contributed by atoms with E-state index in [-0.39, 0.29) is 43.5 Å². The number of piperidine rings is 1. The summed E-state index contributed by atoms with van der Waals surface area (Å²) in [6.45, 7) is 1.92. The van der Waals surface area contributed by atoms with Gasteiger partial charge in [0.05, 0.1) is 31.1 Å². The molecule has 1 unspecified atom stereocenters. The molecule has 0 bridgehead atoms. The van der Waals surface area contributed by atoms with E-state index in [0.717, 1.165) is 23.3 Å². The van der Waals surface area contributed by atoms with Crippen LogP contribution in [0.25, 0.3) is 0 Å². The van der Waals surface area contributed by atoms with Gasteiger partial charge in [-0.1, -0.05) is 0 Å². The van der Waals surface area contributed by atoms with E-state index in [1.165, 1.54) is 11.8 Å². The number of benzene rings is 1. The third kappa shape index (κ3) is 5.36. The number of carbonyl (C=O) groups excluding carboxylic acids is 2. The summed E-state index contributed by atoms with van der Waals surface area (Å²) in [5.41, 5.74) is -0.224. The third-order valence-electron chi connectivity index (χ3n) is 4.84. The predicted octanol–water partition coefficient (Wildman–Crippen LogP) is 1.37. The minimum atomic E-state index is -3.60. The predicted molar refractivity (Wildman–Crippen MR) is 104 cm³/mol. The van der Waals surface area contributed by atoms with Gasteiger partial charge in [0.25, 0.3) is 10.1 Å². The Balaban J connectivity index is 1.69. The molecule has 2 amide bonds. The van der Waals surface area contributed by atoms with Crippen molar-refractivity contribution in [2.75, 3.05) is 42.2 Å². The lowest BCUT2D eigenvalue weighted by molar-refractivity contribution is -0.119. The van der Waals surface area contributed by atoms with E-state index in [1.54, 1.807) is 0 Å². The maximum atomic E-state index is 14.8. The molecule has 166 valence electrons. The molecule has 2 saturated heterocycles. The fourth-order valence-corrected chi connectivity index (χ4v) is 4.22. The van der Waals surface area contributed by atoms with Gasteiger partial charge in [0.15, 0.2) is 11.6 Å². The van der Waals surface area contributed by atoms with Gasteiger partial charge in [-0.15, -0.1) is 0 Å². The Bertz CT molecular complexity index is 911. The van der Waals surface area contributed by atoms with E-state index in [4.69, 9.17) is 8.92 Å². The fourth-order valence-electron chi connectivity index (χ4n) is 3.53. The number of carbonyl (C=O) groups is 2. The number of cyclic esters (lactones) is 1. The number of nitrogens with one attached hydrogen (secondary N) is 1. The van der Waals surface area contributed by atoms with E-state index < -0.39 is 40.1 Å².